The summed E-state index contributed by atoms with van der Waals surface area (Å²) in [5.74, 6) is -0.294. The maximum atomic E-state index is 12.0. The SMILES string of the molecule is [CH2]C(=O)NCC(CN(OCCCCCCCCCCCCCC)c1ccccc1)N(OCCCCCCCCCCCCCC)c1ccccc1. The number of hydroxylamine groups is 2. The molecule has 0 spiro atoms. The minimum atomic E-state index is -0.294. The Kier molecular flexibility index (Phi) is 28.1. The van der Waals surface area contributed by atoms with E-state index < -0.39 is 0 Å². The zero-order valence-electron chi connectivity index (χ0n) is 33.0. The topological polar surface area (TPSA) is 54.0 Å². The third-order valence-electron chi connectivity index (χ3n) is 9.77. The van der Waals surface area contributed by atoms with Crippen molar-refractivity contribution in [2.45, 2.75) is 174 Å². The van der Waals surface area contributed by atoms with Gasteiger partial charge in [-0.3, -0.25) is 19.5 Å². The van der Waals surface area contributed by atoms with Crippen molar-refractivity contribution in [3.63, 3.8) is 0 Å². The number of benzene rings is 2. The lowest BCUT2D eigenvalue weighted by atomic mass is 10.1. The second-order valence-electron chi connectivity index (χ2n) is 14.5. The van der Waals surface area contributed by atoms with E-state index in [0.717, 1.165) is 30.6 Å². The van der Waals surface area contributed by atoms with Crippen LogP contribution in [0.15, 0.2) is 60.7 Å². The highest BCUT2D eigenvalue weighted by Gasteiger charge is 2.25. The molecular formula is C45H76N3O3. The lowest BCUT2D eigenvalue weighted by molar-refractivity contribution is -0.116. The zero-order valence-corrected chi connectivity index (χ0v) is 33.0. The Morgan fingerprint density at radius 2 is 0.922 bits per heavy atom. The molecule has 1 radical (unpaired) electrons. The van der Waals surface area contributed by atoms with E-state index in [-0.39, 0.29) is 11.9 Å². The van der Waals surface area contributed by atoms with Crippen molar-refractivity contribution in [2.75, 3.05) is 36.4 Å². The number of nitrogens with zero attached hydrogens (tertiary/aromatic N) is 2. The molecule has 6 nitrogen and oxygen atoms in total. The summed E-state index contributed by atoms with van der Waals surface area (Å²) < 4.78 is 0. The van der Waals surface area contributed by atoms with Gasteiger partial charge in [-0.05, 0) is 37.1 Å². The van der Waals surface area contributed by atoms with Crippen LogP contribution in [-0.4, -0.2) is 38.3 Å². The minimum absolute atomic E-state index is 0.197. The van der Waals surface area contributed by atoms with Gasteiger partial charge in [0.15, 0.2) is 0 Å². The van der Waals surface area contributed by atoms with Crippen LogP contribution in [0.3, 0.4) is 0 Å². The molecule has 2 rings (SSSR count). The second-order valence-corrected chi connectivity index (χ2v) is 14.5. The van der Waals surface area contributed by atoms with Gasteiger partial charge in [-0.1, -0.05) is 192 Å². The van der Waals surface area contributed by atoms with Crippen molar-refractivity contribution in [3.05, 3.63) is 67.6 Å². The van der Waals surface area contributed by atoms with Gasteiger partial charge in [-0.25, -0.2) is 5.06 Å². The quantitative estimate of drug-likeness (QED) is 0.0571. The largest absolute Gasteiger partial charge is 0.354 e. The Morgan fingerprint density at radius 1 is 0.549 bits per heavy atom. The summed E-state index contributed by atoms with van der Waals surface area (Å²) in [5.41, 5.74) is 1.96. The summed E-state index contributed by atoms with van der Waals surface area (Å²) in [5, 5.41) is 6.94. The summed E-state index contributed by atoms with van der Waals surface area (Å²) in [6.45, 7) is 10.3. The average molecular weight is 707 g/mol. The number of carbonyl (C=O) groups excluding carboxylic acids is 1. The Balaban J connectivity index is 1.88. The van der Waals surface area contributed by atoms with Gasteiger partial charge in [0.25, 0.3) is 0 Å². The number of para-hydroxylation sites is 2. The summed E-state index contributed by atoms with van der Waals surface area (Å²) in [6, 6.07) is 20.3. The summed E-state index contributed by atoms with van der Waals surface area (Å²) in [6.07, 6.45) is 31.5. The molecular weight excluding hydrogens is 631 g/mol. The first-order valence-electron chi connectivity index (χ1n) is 21.2. The number of anilines is 2. The highest BCUT2D eigenvalue weighted by molar-refractivity contribution is 5.80. The number of rotatable bonds is 35. The predicted octanol–water partition coefficient (Wildman–Crippen LogP) is 12.6. The van der Waals surface area contributed by atoms with Gasteiger partial charge in [0.1, 0.15) is 0 Å². The molecule has 0 aliphatic rings. The van der Waals surface area contributed by atoms with E-state index in [2.05, 4.69) is 50.4 Å². The predicted molar refractivity (Wildman–Crippen MR) is 219 cm³/mol. The normalized spacial score (nSPS) is 11.8. The summed E-state index contributed by atoms with van der Waals surface area (Å²) in [7, 11) is 0. The molecule has 2 aromatic rings. The van der Waals surface area contributed by atoms with E-state index in [1.807, 2.05) is 46.5 Å². The van der Waals surface area contributed by atoms with E-state index in [4.69, 9.17) is 9.68 Å². The highest BCUT2D eigenvalue weighted by atomic mass is 16.7. The van der Waals surface area contributed by atoms with Crippen LogP contribution in [0.25, 0.3) is 0 Å². The molecule has 0 saturated heterocycles. The molecule has 2 aromatic carbocycles. The summed E-state index contributed by atoms with van der Waals surface area (Å²) in [4.78, 5) is 25.1. The van der Waals surface area contributed by atoms with Crippen molar-refractivity contribution in [2.24, 2.45) is 0 Å². The smallest absolute Gasteiger partial charge is 0.220 e. The van der Waals surface area contributed by atoms with Gasteiger partial charge in [0.05, 0.1) is 37.2 Å². The summed E-state index contributed by atoms with van der Waals surface area (Å²) >= 11 is 0. The van der Waals surface area contributed by atoms with Crippen molar-refractivity contribution in [3.8, 4) is 0 Å². The molecule has 6 heteroatoms. The molecule has 0 aromatic heterocycles. The zero-order chi connectivity index (χ0) is 36.5. The van der Waals surface area contributed by atoms with Crippen LogP contribution >= 0.6 is 0 Å². The van der Waals surface area contributed by atoms with Gasteiger partial charge >= 0.3 is 0 Å². The molecule has 0 heterocycles. The molecule has 1 atom stereocenters. The lowest BCUT2D eigenvalue weighted by Crippen LogP contribution is -2.50. The fourth-order valence-electron chi connectivity index (χ4n) is 6.66. The number of hydrogen-bond donors (Lipinski definition) is 1. The van der Waals surface area contributed by atoms with E-state index in [1.165, 1.54) is 135 Å². The van der Waals surface area contributed by atoms with Crippen molar-refractivity contribution in [1.82, 2.24) is 5.32 Å². The molecule has 0 bridgehead atoms. The van der Waals surface area contributed by atoms with Gasteiger partial charge in [-0.15, -0.1) is 0 Å². The van der Waals surface area contributed by atoms with Crippen molar-refractivity contribution < 1.29 is 14.5 Å². The molecule has 0 fully saturated rings. The van der Waals surface area contributed by atoms with Crippen LogP contribution in [0, 0.1) is 6.92 Å². The fraction of sp³-hybridized carbons (Fsp3) is 0.689. The Morgan fingerprint density at radius 3 is 1.33 bits per heavy atom. The van der Waals surface area contributed by atoms with Gasteiger partial charge in [0, 0.05) is 13.5 Å². The van der Waals surface area contributed by atoms with Gasteiger partial charge in [-0.2, -0.15) is 0 Å². The first-order chi connectivity index (χ1) is 25.2. The number of hydrogen-bond acceptors (Lipinski definition) is 5. The Hall–Kier alpha value is -2.57. The van der Waals surface area contributed by atoms with E-state index in [9.17, 15) is 4.79 Å². The number of nitrogens with one attached hydrogen (secondary N) is 1. The molecule has 0 aliphatic heterocycles. The van der Waals surface area contributed by atoms with Gasteiger partial charge < -0.3 is 5.32 Å². The third kappa shape index (κ3) is 23.6. The first kappa shape index (κ1) is 44.6. The van der Waals surface area contributed by atoms with E-state index in [0.29, 0.717) is 26.3 Å². The molecule has 51 heavy (non-hydrogen) atoms. The van der Waals surface area contributed by atoms with Crippen LogP contribution in [0.1, 0.15) is 168 Å². The molecule has 1 unspecified atom stereocenters. The number of carbonyl (C=O) groups is 1. The van der Waals surface area contributed by atoms with E-state index >= 15 is 0 Å². The second kappa shape index (κ2) is 32.1. The maximum absolute atomic E-state index is 12.0. The maximum Gasteiger partial charge on any atom is 0.220 e. The first-order valence-corrected chi connectivity index (χ1v) is 21.2. The molecule has 289 valence electrons. The fourth-order valence-corrected chi connectivity index (χ4v) is 6.66. The lowest BCUT2D eigenvalue weighted by Gasteiger charge is -2.36. The molecule has 0 aliphatic carbocycles. The number of amides is 1. The molecule has 0 saturated carbocycles. The highest BCUT2D eigenvalue weighted by Crippen LogP contribution is 2.22. The molecule has 1 amide bonds. The molecule has 1 N–H and O–H groups in total. The van der Waals surface area contributed by atoms with Crippen LogP contribution in [0.4, 0.5) is 11.4 Å². The minimum Gasteiger partial charge on any atom is -0.354 e. The third-order valence-corrected chi connectivity index (χ3v) is 9.77. The average Bonchev–Trinajstić information content (AvgIpc) is 3.15. The standard InChI is InChI=1S/C45H76N3O3/c1-4-6-8-10-12-14-16-18-20-22-24-32-38-50-47(43-34-28-26-29-35-43)41-45(40-46-42(3)49)48(44-36-30-27-31-37-44)51-39-33-25-23-21-19-17-15-13-11-9-7-5-2/h26-31,34-37,45H,3-25,32-33,38-41H2,1-2H3,(H,46,49). The van der Waals surface area contributed by atoms with Crippen molar-refractivity contribution >= 4 is 17.3 Å². The van der Waals surface area contributed by atoms with Crippen LogP contribution < -0.4 is 15.4 Å². The van der Waals surface area contributed by atoms with Gasteiger partial charge in [0.2, 0.25) is 5.91 Å². The van der Waals surface area contributed by atoms with Crippen LogP contribution in [0.2, 0.25) is 0 Å². The number of unbranched alkanes of at least 4 members (excludes halogenated alkanes) is 22. The van der Waals surface area contributed by atoms with Crippen LogP contribution in [-0.2, 0) is 14.5 Å². The van der Waals surface area contributed by atoms with Crippen molar-refractivity contribution in [1.29, 1.82) is 0 Å². The van der Waals surface area contributed by atoms with Crippen LogP contribution in [0.5, 0.6) is 0 Å². The monoisotopic (exact) mass is 707 g/mol. The Labute approximate surface area is 314 Å². The van der Waals surface area contributed by atoms with E-state index in [1.54, 1.807) is 0 Å². The Bertz CT molecular complexity index is 1040.